The molecule has 2 heterocycles. The summed E-state index contributed by atoms with van der Waals surface area (Å²) in [5.41, 5.74) is 9.67. The van der Waals surface area contributed by atoms with Gasteiger partial charge >= 0.3 is 0 Å². The Morgan fingerprint density at radius 1 is 1.11 bits per heavy atom. The van der Waals surface area contributed by atoms with E-state index in [1.807, 2.05) is 47.0 Å². The zero-order chi connectivity index (χ0) is 13.2. The summed E-state index contributed by atoms with van der Waals surface area (Å²) in [5.74, 6) is 0. The zero-order valence-corrected chi connectivity index (χ0v) is 11.1. The summed E-state index contributed by atoms with van der Waals surface area (Å²) >= 11 is 5.16. The summed E-state index contributed by atoms with van der Waals surface area (Å²) in [7, 11) is 0. The molecule has 3 rings (SSSR count). The number of imidazole rings is 1. The molecule has 3 nitrogen and oxygen atoms in total. The van der Waals surface area contributed by atoms with E-state index in [1.54, 1.807) is 0 Å². The van der Waals surface area contributed by atoms with E-state index in [2.05, 4.69) is 17.1 Å². The molecule has 2 aromatic heterocycles. The van der Waals surface area contributed by atoms with Crippen molar-refractivity contribution in [1.29, 1.82) is 0 Å². The van der Waals surface area contributed by atoms with E-state index < -0.39 is 0 Å². The maximum absolute atomic E-state index is 5.85. The second-order valence-corrected chi connectivity index (χ2v) is 4.80. The molecule has 94 valence electrons. The van der Waals surface area contributed by atoms with Gasteiger partial charge < -0.3 is 5.73 Å². The molecular weight excluding hydrogens is 254 g/mol. The van der Waals surface area contributed by atoms with Crippen molar-refractivity contribution in [3.05, 3.63) is 71.7 Å². The second-order valence-electron chi connectivity index (χ2n) is 4.36. The van der Waals surface area contributed by atoms with Crippen molar-refractivity contribution in [2.75, 3.05) is 0 Å². The molecule has 0 spiro atoms. The van der Waals surface area contributed by atoms with Gasteiger partial charge in [-0.1, -0.05) is 48.6 Å². The van der Waals surface area contributed by atoms with Crippen molar-refractivity contribution >= 4 is 22.9 Å². The molecule has 3 aromatic rings. The first-order valence-electron chi connectivity index (χ1n) is 6.05. The third kappa shape index (κ3) is 2.22. The Morgan fingerprint density at radius 2 is 1.84 bits per heavy atom. The molecule has 0 amide bonds. The minimum atomic E-state index is 0.379. The Kier molecular flexibility index (Phi) is 3.01. The van der Waals surface area contributed by atoms with Gasteiger partial charge in [0, 0.05) is 12.6 Å². The fraction of sp³-hybridized carbons (Fsp3) is 0.0667. The Labute approximate surface area is 116 Å². The van der Waals surface area contributed by atoms with Crippen molar-refractivity contribution in [2.45, 2.75) is 6.42 Å². The van der Waals surface area contributed by atoms with E-state index >= 15 is 0 Å². The summed E-state index contributed by atoms with van der Waals surface area (Å²) in [6.07, 6.45) is 2.67. The molecule has 0 saturated carbocycles. The van der Waals surface area contributed by atoms with Gasteiger partial charge in [-0.3, -0.25) is 4.40 Å². The molecule has 2 N–H and O–H groups in total. The Morgan fingerprint density at radius 3 is 2.58 bits per heavy atom. The molecule has 0 fully saturated rings. The van der Waals surface area contributed by atoms with Crippen molar-refractivity contribution in [3.8, 4) is 0 Å². The summed E-state index contributed by atoms with van der Waals surface area (Å²) < 4.78 is 1.95. The number of thiocarbonyl (C=S) groups is 1. The van der Waals surface area contributed by atoms with Crippen LogP contribution in [0.25, 0.3) is 5.65 Å². The lowest BCUT2D eigenvalue weighted by atomic mass is 10.1. The number of nitrogens with zero attached hydrogens (tertiary/aromatic N) is 2. The van der Waals surface area contributed by atoms with E-state index in [4.69, 9.17) is 18.0 Å². The van der Waals surface area contributed by atoms with Crippen LogP contribution in [0.1, 0.15) is 17.0 Å². The Balaban J connectivity index is 2.13. The smallest absolute Gasteiger partial charge is 0.137 e. The molecule has 0 aliphatic heterocycles. The van der Waals surface area contributed by atoms with Crippen LogP contribution in [0.3, 0.4) is 0 Å². The van der Waals surface area contributed by atoms with Gasteiger partial charge in [0.2, 0.25) is 0 Å². The van der Waals surface area contributed by atoms with Crippen LogP contribution in [0.15, 0.2) is 54.7 Å². The van der Waals surface area contributed by atoms with Crippen molar-refractivity contribution in [1.82, 2.24) is 9.38 Å². The van der Waals surface area contributed by atoms with Gasteiger partial charge in [0.05, 0.1) is 5.69 Å². The molecule has 0 radical (unpaired) electrons. The van der Waals surface area contributed by atoms with Gasteiger partial charge in [0.15, 0.2) is 0 Å². The van der Waals surface area contributed by atoms with Gasteiger partial charge in [0.1, 0.15) is 16.3 Å². The van der Waals surface area contributed by atoms with E-state index in [9.17, 15) is 0 Å². The van der Waals surface area contributed by atoms with Crippen LogP contribution in [-0.2, 0) is 6.42 Å². The van der Waals surface area contributed by atoms with E-state index in [-0.39, 0.29) is 0 Å². The monoisotopic (exact) mass is 267 g/mol. The summed E-state index contributed by atoms with van der Waals surface area (Å²) in [6, 6.07) is 16.1. The highest BCUT2D eigenvalue weighted by atomic mass is 32.1. The first-order valence-corrected chi connectivity index (χ1v) is 6.46. The average molecular weight is 267 g/mol. The second kappa shape index (κ2) is 4.82. The van der Waals surface area contributed by atoms with Gasteiger partial charge in [0.25, 0.3) is 0 Å². The molecule has 4 heteroatoms. The highest BCUT2D eigenvalue weighted by Crippen LogP contribution is 2.16. The summed E-state index contributed by atoms with van der Waals surface area (Å²) in [5, 5.41) is 0. The van der Waals surface area contributed by atoms with Crippen LogP contribution in [0.5, 0.6) is 0 Å². The number of benzene rings is 1. The van der Waals surface area contributed by atoms with Crippen LogP contribution in [-0.4, -0.2) is 14.4 Å². The minimum absolute atomic E-state index is 0.379. The first-order chi connectivity index (χ1) is 9.25. The zero-order valence-electron chi connectivity index (χ0n) is 10.3. The SMILES string of the molecule is NC(=S)c1c(Cc2ccccc2)nc2ccccn12. The number of nitrogens with two attached hydrogens (primary N) is 1. The van der Waals surface area contributed by atoms with Crippen LogP contribution < -0.4 is 5.73 Å². The molecule has 0 atom stereocenters. The van der Waals surface area contributed by atoms with E-state index in [0.717, 1.165) is 23.5 Å². The maximum Gasteiger partial charge on any atom is 0.137 e. The normalized spacial score (nSPS) is 10.7. The first kappa shape index (κ1) is 11.9. The number of aromatic nitrogens is 2. The van der Waals surface area contributed by atoms with Crippen LogP contribution >= 0.6 is 12.2 Å². The largest absolute Gasteiger partial charge is 0.388 e. The molecule has 0 bridgehead atoms. The topological polar surface area (TPSA) is 43.3 Å². The fourth-order valence-corrected chi connectivity index (χ4v) is 2.43. The lowest BCUT2D eigenvalue weighted by molar-refractivity contribution is 1.10. The molecule has 0 aliphatic carbocycles. The van der Waals surface area contributed by atoms with Crippen LogP contribution in [0.4, 0.5) is 0 Å². The predicted molar refractivity (Wildman–Crippen MR) is 80.3 cm³/mol. The summed E-state index contributed by atoms with van der Waals surface area (Å²) in [4.78, 5) is 5.00. The highest BCUT2D eigenvalue weighted by Gasteiger charge is 2.14. The Hall–Kier alpha value is -2.20. The van der Waals surface area contributed by atoms with Gasteiger partial charge in [-0.2, -0.15) is 0 Å². The standard InChI is InChI=1S/C15H13N3S/c16-15(19)14-12(10-11-6-2-1-3-7-11)17-13-8-4-5-9-18(13)14/h1-9H,10H2,(H2,16,19). The van der Waals surface area contributed by atoms with Crippen molar-refractivity contribution in [2.24, 2.45) is 5.73 Å². The lowest BCUT2D eigenvalue weighted by Gasteiger charge is -2.03. The van der Waals surface area contributed by atoms with E-state index in [0.29, 0.717) is 4.99 Å². The number of hydrogen-bond donors (Lipinski definition) is 1. The third-order valence-corrected chi connectivity index (χ3v) is 3.24. The number of pyridine rings is 1. The number of rotatable bonds is 3. The number of hydrogen-bond acceptors (Lipinski definition) is 2. The quantitative estimate of drug-likeness (QED) is 0.742. The highest BCUT2D eigenvalue weighted by molar-refractivity contribution is 7.80. The predicted octanol–water partition coefficient (Wildman–Crippen LogP) is 2.56. The lowest BCUT2D eigenvalue weighted by Crippen LogP contribution is -2.14. The maximum atomic E-state index is 5.85. The average Bonchev–Trinajstić information content (AvgIpc) is 2.77. The van der Waals surface area contributed by atoms with Crippen LogP contribution in [0, 0.1) is 0 Å². The van der Waals surface area contributed by atoms with Gasteiger partial charge in [-0.05, 0) is 17.7 Å². The number of fused-ring (bicyclic) bond motifs is 1. The van der Waals surface area contributed by atoms with Crippen molar-refractivity contribution < 1.29 is 0 Å². The molecule has 1 aromatic carbocycles. The molecule has 0 aliphatic rings. The molecule has 0 saturated heterocycles. The minimum Gasteiger partial charge on any atom is -0.388 e. The molecule has 0 unspecified atom stereocenters. The molecular formula is C15H13N3S. The Bertz CT molecular complexity index is 731. The van der Waals surface area contributed by atoms with Gasteiger partial charge in [-0.25, -0.2) is 4.98 Å². The third-order valence-electron chi connectivity index (χ3n) is 3.05. The van der Waals surface area contributed by atoms with E-state index in [1.165, 1.54) is 5.56 Å². The van der Waals surface area contributed by atoms with Crippen LogP contribution in [0.2, 0.25) is 0 Å². The molecule has 19 heavy (non-hydrogen) atoms. The fourth-order valence-electron chi connectivity index (χ4n) is 2.22. The van der Waals surface area contributed by atoms with Crippen molar-refractivity contribution in [3.63, 3.8) is 0 Å². The summed E-state index contributed by atoms with van der Waals surface area (Å²) in [6.45, 7) is 0. The van der Waals surface area contributed by atoms with Gasteiger partial charge in [-0.15, -0.1) is 0 Å².